The summed E-state index contributed by atoms with van der Waals surface area (Å²) in [5.74, 6) is -1.02. The molecule has 7 nitrogen and oxygen atoms in total. The molecule has 0 saturated carbocycles. The Labute approximate surface area is 134 Å². The van der Waals surface area contributed by atoms with Crippen LogP contribution in [0.3, 0.4) is 0 Å². The zero-order chi connectivity index (χ0) is 17.3. The summed E-state index contributed by atoms with van der Waals surface area (Å²) in [6.07, 6.45) is -4.03. The van der Waals surface area contributed by atoms with Gasteiger partial charge in [0.1, 0.15) is 11.8 Å². The summed E-state index contributed by atoms with van der Waals surface area (Å²) >= 11 is 0. The molecule has 2 amide bonds. The molecule has 1 atom stereocenters. The van der Waals surface area contributed by atoms with Crippen LogP contribution in [0, 0.1) is 0 Å². The van der Waals surface area contributed by atoms with Gasteiger partial charge in [-0.1, -0.05) is 11.2 Å². The van der Waals surface area contributed by atoms with E-state index < -0.39 is 24.1 Å². The van der Waals surface area contributed by atoms with E-state index in [4.69, 9.17) is 4.74 Å². The van der Waals surface area contributed by atoms with Crippen molar-refractivity contribution in [2.45, 2.75) is 25.6 Å². The molecule has 0 fully saturated rings. The van der Waals surface area contributed by atoms with Crippen LogP contribution in [0.25, 0.3) is 0 Å². The number of rotatable bonds is 3. The van der Waals surface area contributed by atoms with Gasteiger partial charge in [-0.15, -0.1) is 0 Å². The first kappa shape index (κ1) is 16.1. The van der Waals surface area contributed by atoms with Gasteiger partial charge in [-0.25, -0.2) is 4.79 Å². The Morgan fingerprint density at radius 2 is 2.17 bits per heavy atom. The third-order valence-corrected chi connectivity index (χ3v) is 3.40. The standard InChI is InChI=1S/C14H13F3N4O3/c1-7(11-20-12(21-24-11)14(15,16)17)18-13(22)19-9-3-2-4-10-8(9)5-6-23-10/h2-4,7H,5-6H2,1H3,(H2,18,19,22)/t7-/m0/s1. The van der Waals surface area contributed by atoms with Gasteiger partial charge in [0.05, 0.1) is 6.61 Å². The number of aromatic nitrogens is 2. The first-order valence-electron chi connectivity index (χ1n) is 7.07. The monoisotopic (exact) mass is 342 g/mol. The molecule has 2 N–H and O–H groups in total. The molecule has 0 radical (unpaired) electrons. The number of amides is 2. The highest BCUT2D eigenvalue weighted by molar-refractivity contribution is 5.90. The molecule has 1 aromatic heterocycles. The van der Waals surface area contributed by atoms with E-state index in [0.717, 1.165) is 5.56 Å². The van der Waals surface area contributed by atoms with E-state index in [-0.39, 0.29) is 5.89 Å². The maximum atomic E-state index is 12.4. The van der Waals surface area contributed by atoms with Crippen LogP contribution >= 0.6 is 0 Å². The van der Waals surface area contributed by atoms with Crippen LogP contribution in [-0.2, 0) is 12.6 Å². The predicted octanol–water partition coefficient (Wildman–Crippen LogP) is 2.91. The van der Waals surface area contributed by atoms with Crippen molar-refractivity contribution in [3.8, 4) is 5.75 Å². The lowest BCUT2D eigenvalue weighted by molar-refractivity contribution is -0.146. The summed E-state index contributed by atoms with van der Waals surface area (Å²) in [6, 6.07) is 3.75. The van der Waals surface area contributed by atoms with E-state index in [1.807, 2.05) is 0 Å². The highest BCUT2D eigenvalue weighted by Crippen LogP contribution is 2.31. The maximum absolute atomic E-state index is 12.4. The molecule has 0 spiro atoms. The molecule has 128 valence electrons. The molecule has 0 aliphatic carbocycles. The third-order valence-electron chi connectivity index (χ3n) is 3.40. The number of nitrogens with zero attached hydrogens (tertiary/aromatic N) is 2. The van der Waals surface area contributed by atoms with E-state index in [9.17, 15) is 18.0 Å². The fourth-order valence-electron chi connectivity index (χ4n) is 2.28. The number of anilines is 1. The number of urea groups is 1. The van der Waals surface area contributed by atoms with Crippen LogP contribution < -0.4 is 15.4 Å². The van der Waals surface area contributed by atoms with E-state index in [0.29, 0.717) is 24.5 Å². The summed E-state index contributed by atoms with van der Waals surface area (Å²) in [5.41, 5.74) is 1.45. The van der Waals surface area contributed by atoms with Crippen molar-refractivity contribution in [2.75, 3.05) is 11.9 Å². The van der Waals surface area contributed by atoms with Crippen LogP contribution in [0.15, 0.2) is 22.7 Å². The number of carbonyl (C=O) groups is 1. The molecule has 3 rings (SSSR count). The molecular formula is C14H13F3N4O3. The summed E-state index contributed by atoms with van der Waals surface area (Å²) < 4.78 is 47.3. The second-order valence-electron chi connectivity index (χ2n) is 5.15. The largest absolute Gasteiger partial charge is 0.493 e. The fraction of sp³-hybridized carbons (Fsp3) is 0.357. The third kappa shape index (κ3) is 3.26. The van der Waals surface area contributed by atoms with Crippen LogP contribution in [0.4, 0.5) is 23.7 Å². The number of hydrogen-bond donors (Lipinski definition) is 2. The predicted molar refractivity (Wildman–Crippen MR) is 75.5 cm³/mol. The minimum Gasteiger partial charge on any atom is -0.493 e. The summed E-state index contributed by atoms with van der Waals surface area (Å²) in [7, 11) is 0. The van der Waals surface area contributed by atoms with E-state index in [2.05, 4.69) is 25.3 Å². The number of fused-ring (bicyclic) bond motifs is 1. The summed E-state index contributed by atoms with van der Waals surface area (Å²) in [4.78, 5) is 15.3. The number of benzene rings is 1. The topological polar surface area (TPSA) is 89.3 Å². The zero-order valence-electron chi connectivity index (χ0n) is 12.5. The van der Waals surface area contributed by atoms with Gasteiger partial charge in [0.2, 0.25) is 5.89 Å². The van der Waals surface area contributed by atoms with Gasteiger partial charge in [-0.05, 0) is 19.1 Å². The van der Waals surface area contributed by atoms with Crippen molar-refractivity contribution >= 4 is 11.7 Å². The van der Waals surface area contributed by atoms with Crippen molar-refractivity contribution < 1.29 is 27.2 Å². The number of halogens is 3. The molecular weight excluding hydrogens is 329 g/mol. The lowest BCUT2D eigenvalue weighted by Crippen LogP contribution is -2.31. The normalized spacial score (nSPS) is 14.7. The van der Waals surface area contributed by atoms with Crippen LogP contribution in [0.5, 0.6) is 5.75 Å². The molecule has 0 saturated heterocycles. The van der Waals surface area contributed by atoms with Gasteiger partial charge < -0.3 is 19.9 Å². The number of carbonyl (C=O) groups excluding carboxylic acids is 1. The minimum absolute atomic E-state index is 0.334. The highest BCUT2D eigenvalue weighted by atomic mass is 19.4. The molecule has 2 aromatic rings. The first-order chi connectivity index (χ1) is 11.3. The quantitative estimate of drug-likeness (QED) is 0.895. The Hall–Kier alpha value is -2.78. The smallest absolute Gasteiger partial charge is 0.455 e. The number of ether oxygens (including phenoxy) is 1. The van der Waals surface area contributed by atoms with Crippen LogP contribution in [0.2, 0.25) is 0 Å². The van der Waals surface area contributed by atoms with Gasteiger partial charge >= 0.3 is 12.2 Å². The fourth-order valence-corrected chi connectivity index (χ4v) is 2.28. The van der Waals surface area contributed by atoms with Gasteiger partial charge in [0.25, 0.3) is 5.82 Å². The van der Waals surface area contributed by atoms with Gasteiger partial charge in [0.15, 0.2) is 0 Å². The van der Waals surface area contributed by atoms with Crippen molar-refractivity contribution in [2.24, 2.45) is 0 Å². The van der Waals surface area contributed by atoms with Gasteiger partial charge in [-0.2, -0.15) is 18.2 Å². The average Bonchev–Trinajstić information content (AvgIpc) is 3.16. The number of hydrogen-bond acceptors (Lipinski definition) is 5. The Morgan fingerprint density at radius 3 is 2.88 bits per heavy atom. The van der Waals surface area contributed by atoms with E-state index >= 15 is 0 Å². The number of alkyl halides is 3. The van der Waals surface area contributed by atoms with Crippen molar-refractivity contribution in [1.29, 1.82) is 0 Å². The summed E-state index contributed by atoms with van der Waals surface area (Å²) in [5, 5.41) is 7.93. The van der Waals surface area contributed by atoms with Crippen molar-refractivity contribution in [1.82, 2.24) is 15.5 Å². The Bertz CT molecular complexity index is 760. The number of nitrogens with one attached hydrogen (secondary N) is 2. The van der Waals surface area contributed by atoms with Crippen molar-refractivity contribution in [3.05, 3.63) is 35.5 Å². The SMILES string of the molecule is C[C@H](NC(=O)Nc1cccc2c1CCO2)c1nc(C(F)(F)F)no1. The Balaban J connectivity index is 1.65. The lowest BCUT2D eigenvalue weighted by Gasteiger charge is -2.13. The molecule has 0 unspecified atom stereocenters. The molecule has 2 heterocycles. The molecule has 10 heteroatoms. The average molecular weight is 342 g/mol. The molecule has 1 aliphatic rings. The van der Waals surface area contributed by atoms with Crippen LogP contribution in [0.1, 0.15) is 30.2 Å². The lowest BCUT2D eigenvalue weighted by atomic mass is 10.1. The minimum atomic E-state index is -4.70. The van der Waals surface area contributed by atoms with Gasteiger partial charge in [0, 0.05) is 17.7 Å². The highest BCUT2D eigenvalue weighted by Gasteiger charge is 2.37. The second-order valence-corrected chi connectivity index (χ2v) is 5.15. The Morgan fingerprint density at radius 1 is 1.38 bits per heavy atom. The van der Waals surface area contributed by atoms with E-state index in [1.165, 1.54) is 6.92 Å². The second kappa shape index (κ2) is 6.02. The Kier molecular flexibility index (Phi) is 4.04. The summed E-state index contributed by atoms with van der Waals surface area (Å²) in [6.45, 7) is 1.97. The van der Waals surface area contributed by atoms with Crippen LogP contribution in [-0.4, -0.2) is 22.8 Å². The zero-order valence-corrected chi connectivity index (χ0v) is 12.5. The van der Waals surface area contributed by atoms with Crippen molar-refractivity contribution in [3.63, 3.8) is 0 Å². The molecule has 24 heavy (non-hydrogen) atoms. The molecule has 1 aliphatic heterocycles. The van der Waals surface area contributed by atoms with Gasteiger partial charge in [-0.3, -0.25) is 0 Å². The maximum Gasteiger partial charge on any atom is 0.455 e. The first-order valence-corrected chi connectivity index (χ1v) is 7.07. The molecule has 1 aromatic carbocycles. The molecule has 0 bridgehead atoms. The van der Waals surface area contributed by atoms with E-state index in [1.54, 1.807) is 18.2 Å².